The standard InChI is InChI=1S/C31H34F2N4O3/c1-30(2)28(31(3,4)29(30)40-25-8-7-19(16-34)26-20(25)6-5-11-35-26)36-27(39)21-14-23(33)24(15-22(21)32)37-12-9-18(17-38)10-13-37/h5-8,11,14-15,18,28-29,38H,9-10,12-13,17H2,1-4H3,(H,36,39). The second-order valence-corrected chi connectivity index (χ2v) is 12.1. The number of nitrogens with one attached hydrogen (secondary N) is 1. The van der Waals surface area contributed by atoms with E-state index in [4.69, 9.17) is 4.74 Å². The Hall–Kier alpha value is -3.77. The number of nitriles is 1. The first-order valence-electron chi connectivity index (χ1n) is 13.6. The molecule has 1 amide bonds. The topological polar surface area (TPSA) is 98.5 Å². The maximum absolute atomic E-state index is 15.2. The van der Waals surface area contributed by atoms with Crippen LogP contribution in [0.3, 0.4) is 0 Å². The number of aliphatic hydroxyl groups is 1. The van der Waals surface area contributed by atoms with Crippen LogP contribution in [0.2, 0.25) is 0 Å². The number of fused-ring (bicyclic) bond motifs is 1. The van der Waals surface area contributed by atoms with Crippen LogP contribution in [-0.4, -0.2) is 47.8 Å². The molecule has 2 aliphatic rings. The van der Waals surface area contributed by atoms with Crippen LogP contribution in [0.25, 0.3) is 10.9 Å². The number of carbonyl (C=O) groups excluding carboxylic acids is 1. The third-order valence-electron chi connectivity index (χ3n) is 8.70. The zero-order valence-corrected chi connectivity index (χ0v) is 23.2. The molecule has 3 aromatic rings. The Morgan fingerprint density at radius 2 is 1.85 bits per heavy atom. The van der Waals surface area contributed by atoms with Gasteiger partial charge >= 0.3 is 0 Å². The van der Waals surface area contributed by atoms with Gasteiger partial charge in [-0.05, 0) is 49.1 Å². The highest BCUT2D eigenvalue weighted by atomic mass is 19.1. The number of piperidine rings is 1. The summed E-state index contributed by atoms with van der Waals surface area (Å²) in [6.07, 6.45) is 2.70. The van der Waals surface area contributed by atoms with Crippen molar-refractivity contribution in [3.05, 3.63) is 65.4 Å². The summed E-state index contributed by atoms with van der Waals surface area (Å²) < 4.78 is 36.8. The summed E-state index contributed by atoms with van der Waals surface area (Å²) in [5.74, 6) is -1.35. The van der Waals surface area contributed by atoms with Gasteiger partial charge in [0.15, 0.2) is 0 Å². The second kappa shape index (κ2) is 10.3. The molecule has 40 heavy (non-hydrogen) atoms. The minimum Gasteiger partial charge on any atom is -0.488 e. The van der Waals surface area contributed by atoms with Gasteiger partial charge in [0.05, 0.1) is 22.3 Å². The van der Waals surface area contributed by atoms with Crippen molar-refractivity contribution < 1.29 is 23.4 Å². The molecule has 0 spiro atoms. The average molecular weight is 549 g/mol. The molecule has 9 heteroatoms. The lowest BCUT2D eigenvalue weighted by Gasteiger charge is -2.63. The number of ether oxygens (including phenoxy) is 1. The Labute approximate surface area is 232 Å². The number of pyridine rings is 1. The number of carbonyl (C=O) groups is 1. The number of hydrogen-bond acceptors (Lipinski definition) is 6. The number of hydrogen-bond donors (Lipinski definition) is 2. The van der Waals surface area contributed by atoms with E-state index in [1.165, 1.54) is 0 Å². The summed E-state index contributed by atoms with van der Waals surface area (Å²) in [7, 11) is 0. The van der Waals surface area contributed by atoms with E-state index in [-0.39, 0.29) is 35.9 Å². The number of anilines is 1. The van der Waals surface area contributed by atoms with Gasteiger partial charge in [-0.2, -0.15) is 5.26 Å². The van der Waals surface area contributed by atoms with E-state index < -0.39 is 28.4 Å². The molecule has 210 valence electrons. The summed E-state index contributed by atoms with van der Waals surface area (Å²) in [6, 6.07) is 10.9. The lowest BCUT2D eigenvalue weighted by atomic mass is 9.49. The van der Waals surface area contributed by atoms with Gasteiger partial charge in [0.25, 0.3) is 5.91 Å². The zero-order valence-electron chi connectivity index (χ0n) is 23.2. The molecule has 2 fully saturated rings. The molecule has 2 aromatic carbocycles. The quantitative estimate of drug-likeness (QED) is 0.439. The zero-order chi connectivity index (χ0) is 28.8. The maximum atomic E-state index is 15.2. The molecule has 1 saturated heterocycles. The monoisotopic (exact) mass is 548 g/mol. The smallest absolute Gasteiger partial charge is 0.254 e. The van der Waals surface area contributed by atoms with Gasteiger partial charge in [0, 0.05) is 54.2 Å². The van der Waals surface area contributed by atoms with Gasteiger partial charge in [-0.25, -0.2) is 8.78 Å². The summed E-state index contributed by atoms with van der Waals surface area (Å²) in [6.45, 7) is 8.99. The van der Waals surface area contributed by atoms with Crippen molar-refractivity contribution in [2.45, 2.75) is 52.7 Å². The van der Waals surface area contributed by atoms with E-state index in [2.05, 4.69) is 16.4 Å². The van der Waals surface area contributed by atoms with E-state index in [9.17, 15) is 15.2 Å². The lowest BCUT2D eigenvalue weighted by Crippen LogP contribution is -2.74. The van der Waals surface area contributed by atoms with Crippen molar-refractivity contribution in [3.63, 3.8) is 0 Å². The second-order valence-electron chi connectivity index (χ2n) is 12.1. The molecule has 1 saturated carbocycles. The molecule has 0 radical (unpaired) electrons. The fourth-order valence-electron chi connectivity index (χ4n) is 6.78. The van der Waals surface area contributed by atoms with Gasteiger partial charge in [-0.3, -0.25) is 9.78 Å². The minimum absolute atomic E-state index is 0.0881. The van der Waals surface area contributed by atoms with Crippen molar-refractivity contribution in [1.82, 2.24) is 10.3 Å². The number of halogens is 2. The number of benzene rings is 2. The molecule has 1 aliphatic carbocycles. The molecule has 2 N–H and O–H groups in total. The Kier molecular flexibility index (Phi) is 7.17. The summed E-state index contributed by atoms with van der Waals surface area (Å²) >= 11 is 0. The van der Waals surface area contributed by atoms with Gasteiger partial charge in [0.1, 0.15) is 29.6 Å². The Balaban J connectivity index is 1.33. The number of nitrogens with zero attached hydrogens (tertiary/aromatic N) is 3. The number of aliphatic hydroxyl groups excluding tert-OH is 1. The molecule has 0 bridgehead atoms. The fourth-order valence-corrected chi connectivity index (χ4v) is 6.78. The molecule has 1 aromatic heterocycles. The highest BCUT2D eigenvalue weighted by Gasteiger charge is 2.64. The highest BCUT2D eigenvalue weighted by molar-refractivity contribution is 5.95. The number of rotatable bonds is 6. The lowest BCUT2D eigenvalue weighted by molar-refractivity contribution is -0.163. The van der Waals surface area contributed by atoms with E-state index in [0.29, 0.717) is 42.8 Å². The van der Waals surface area contributed by atoms with E-state index in [1.54, 1.807) is 29.3 Å². The van der Waals surface area contributed by atoms with E-state index in [0.717, 1.165) is 17.5 Å². The van der Waals surface area contributed by atoms with Crippen LogP contribution in [-0.2, 0) is 0 Å². The van der Waals surface area contributed by atoms with Gasteiger partial charge in [-0.1, -0.05) is 27.7 Å². The molecule has 5 rings (SSSR count). The molecule has 1 aliphatic heterocycles. The summed E-state index contributed by atoms with van der Waals surface area (Å²) in [5.41, 5.74) is -0.295. The third-order valence-corrected chi connectivity index (χ3v) is 8.70. The number of aromatic nitrogens is 1. The van der Waals surface area contributed by atoms with Crippen molar-refractivity contribution in [2.24, 2.45) is 16.7 Å². The first kappa shape index (κ1) is 27.8. The third kappa shape index (κ3) is 4.64. The van der Waals surface area contributed by atoms with Crippen LogP contribution >= 0.6 is 0 Å². The largest absolute Gasteiger partial charge is 0.488 e. The average Bonchev–Trinajstić information content (AvgIpc) is 2.95. The Morgan fingerprint density at radius 3 is 2.50 bits per heavy atom. The van der Waals surface area contributed by atoms with Crippen molar-refractivity contribution in [1.29, 1.82) is 5.26 Å². The van der Waals surface area contributed by atoms with Crippen molar-refractivity contribution in [3.8, 4) is 11.8 Å². The highest BCUT2D eigenvalue weighted by Crippen LogP contribution is 2.56. The molecule has 2 heterocycles. The molecule has 0 unspecified atom stereocenters. The van der Waals surface area contributed by atoms with Gasteiger partial charge in [-0.15, -0.1) is 0 Å². The van der Waals surface area contributed by atoms with Crippen LogP contribution in [0, 0.1) is 39.7 Å². The van der Waals surface area contributed by atoms with Crippen molar-refractivity contribution >= 4 is 22.5 Å². The summed E-state index contributed by atoms with van der Waals surface area (Å²) in [5, 5.41) is 22.5. The predicted molar refractivity (Wildman–Crippen MR) is 148 cm³/mol. The molecular formula is C31H34F2N4O3. The first-order valence-corrected chi connectivity index (χ1v) is 13.6. The van der Waals surface area contributed by atoms with Crippen LogP contribution in [0.15, 0.2) is 42.6 Å². The molecule has 0 atom stereocenters. The summed E-state index contributed by atoms with van der Waals surface area (Å²) in [4.78, 5) is 19.3. The minimum atomic E-state index is -0.780. The van der Waals surface area contributed by atoms with E-state index >= 15 is 8.78 Å². The van der Waals surface area contributed by atoms with Crippen LogP contribution in [0.1, 0.15) is 56.5 Å². The van der Waals surface area contributed by atoms with E-state index in [1.807, 2.05) is 33.8 Å². The maximum Gasteiger partial charge on any atom is 0.254 e. The first-order chi connectivity index (χ1) is 19.0. The van der Waals surface area contributed by atoms with Gasteiger partial charge in [0.2, 0.25) is 0 Å². The van der Waals surface area contributed by atoms with Crippen LogP contribution in [0.4, 0.5) is 14.5 Å². The SMILES string of the molecule is CC1(C)C(NC(=O)c2cc(F)c(N3CCC(CO)CC3)cc2F)C(C)(C)C1Oc1ccc(C#N)c2ncccc12. The van der Waals surface area contributed by atoms with Crippen molar-refractivity contribution in [2.75, 3.05) is 24.6 Å². The van der Waals surface area contributed by atoms with Crippen LogP contribution < -0.4 is 15.0 Å². The molecular weight excluding hydrogens is 514 g/mol. The van der Waals surface area contributed by atoms with Crippen LogP contribution in [0.5, 0.6) is 5.75 Å². The predicted octanol–water partition coefficient (Wildman–Crippen LogP) is 5.21. The Bertz CT molecular complexity index is 1480. The number of amides is 1. The normalized spacial score (nSPS) is 21.9. The molecule has 7 nitrogen and oxygen atoms in total. The Morgan fingerprint density at radius 1 is 1.15 bits per heavy atom. The van der Waals surface area contributed by atoms with Gasteiger partial charge < -0.3 is 20.1 Å². The fraction of sp³-hybridized carbons (Fsp3) is 0.452.